The molecule has 2 amide bonds. The number of urea groups is 1. The van der Waals surface area contributed by atoms with E-state index in [0.717, 1.165) is 24.3 Å². The second kappa shape index (κ2) is 8.21. The first-order valence-electron chi connectivity index (χ1n) is 9.61. The lowest BCUT2D eigenvalue weighted by molar-refractivity contribution is 0.155. The number of aromatic nitrogens is 1. The largest absolute Gasteiger partial charge is 0.497 e. The van der Waals surface area contributed by atoms with Crippen molar-refractivity contribution < 1.29 is 9.53 Å². The molecule has 0 spiro atoms. The summed E-state index contributed by atoms with van der Waals surface area (Å²) in [7, 11) is 1.65. The van der Waals surface area contributed by atoms with Gasteiger partial charge < -0.3 is 19.5 Å². The molecule has 0 fully saturated rings. The van der Waals surface area contributed by atoms with Crippen molar-refractivity contribution in [2.24, 2.45) is 0 Å². The summed E-state index contributed by atoms with van der Waals surface area (Å²) in [5, 5.41) is 3.08. The lowest BCUT2D eigenvalue weighted by atomic mass is 10.0. The number of rotatable bonds is 5. The van der Waals surface area contributed by atoms with Gasteiger partial charge in [0, 0.05) is 31.5 Å². The molecule has 4 rings (SSSR count). The van der Waals surface area contributed by atoms with E-state index in [1.807, 2.05) is 47.4 Å². The summed E-state index contributed by atoms with van der Waals surface area (Å²) in [6, 6.07) is 22.3. The monoisotopic (exact) mass is 375 g/mol. The van der Waals surface area contributed by atoms with E-state index in [2.05, 4.69) is 40.3 Å². The maximum atomic E-state index is 13.0. The van der Waals surface area contributed by atoms with Gasteiger partial charge in [0.2, 0.25) is 0 Å². The molecule has 0 radical (unpaired) electrons. The highest BCUT2D eigenvalue weighted by molar-refractivity contribution is 5.75. The van der Waals surface area contributed by atoms with Crippen LogP contribution in [0.5, 0.6) is 5.75 Å². The average Bonchev–Trinajstić information content (AvgIpc) is 3.22. The molecule has 1 aromatic heterocycles. The molecule has 3 aromatic rings. The summed E-state index contributed by atoms with van der Waals surface area (Å²) in [4.78, 5) is 15.0. The Balaban J connectivity index is 1.50. The molecular weight excluding hydrogens is 350 g/mol. The fourth-order valence-corrected chi connectivity index (χ4v) is 3.82. The first kappa shape index (κ1) is 18.2. The molecule has 1 aliphatic heterocycles. The Kier molecular flexibility index (Phi) is 5.33. The van der Waals surface area contributed by atoms with Gasteiger partial charge in [-0.05, 0) is 41.8 Å². The van der Waals surface area contributed by atoms with E-state index < -0.39 is 0 Å². The van der Waals surface area contributed by atoms with Crippen molar-refractivity contribution in [3.05, 3.63) is 89.7 Å². The zero-order valence-corrected chi connectivity index (χ0v) is 16.0. The SMILES string of the molecule is COc1cccc(CNC(=O)N2CCn3cccc3C2Cc2ccccc2)c1. The van der Waals surface area contributed by atoms with Crippen LogP contribution < -0.4 is 10.1 Å². The molecule has 5 heteroatoms. The van der Waals surface area contributed by atoms with Crippen molar-refractivity contribution in [1.82, 2.24) is 14.8 Å². The minimum absolute atomic E-state index is 0.0245. The van der Waals surface area contributed by atoms with Crippen molar-refractivity contribution in [2.75, 3.05) is 13.7 Å². The molecular formula is C23H25N3O2. The Bertz CT molecular complexity index is 936. The summed E-state index contributed by atoms with van der Waals surface area (Å²) in [5.41, 5.74) is 3.44. The molecule has 2 heterocycles. The van der Waals surface area contributed by atoms with E-state index in [-0.39, 0.29) is 12.1 Å². The maximum absolute atomic E-state index is 13.0. The topological polar surface area (TPSA) is 46.5 Å². The maximum Gasteiger partial charge on any atom is 0.318 e. The van der Waals surface area contributed by atoms with E-state index in [4.69, 9.17) is 4.74 Å². The van der Waals surface area contributed by atoms with Gasteiger partial charge in [0.1, 0.15) is 5.75 Å². The molecule has 5 nitrogen and oxygen atoms in total. The number of amides is 2. The highest BCUT2D eigenvalue weighted by atomic mass is 16.5. The third-order valence-electron chi connectivity index (χ3n) is 5.27. The molecule has 0 aliphatic carbocycles. The van der Waals surface area contributed by atoms with Crippen LogP contribution in [0.2, 0.25) is 0 Å². The van der Waals surface area contributed by atoms with Gasteiger partial charge in [0.05, 0.1) is 13.2 Å². The number of fused-ring (bicyclic) bond motifs is 1. The second-order valence-electron chi connectivity index (χ2n) is 7.04. The first-order chi connectivity index (χ1) is 13.7. The molecule has 1 atom stereocenters. The van der Waals surface area contributed by atoms with Gasteiger partial charge in [-0.15, -0.1) is 0 Å². The van der Waals surface area contributed by atoms with E-state index in [9.17, 15) is 4.79 Å². The van der Waals surface area contributed by atoms with E-state index >= 15 is 0 Å². The van der Waals surface area contributed by atoms with Gasteiger partial charge >= 0.3 is 6.03 Å². The van der Waals surface area contributed by atoms with Crippen LogP contribution in [0.15, 0.2) is 72.9 Å². The van der Waals surface area contributed by atoms with Crippen LogP contribution in [0.25, 0.3) is 0 Å². The summed E-state index contributed by atoms with van der Waals surface area (Å²) < 4.78 is 7.52. The molecule has 0 saturated carbocycles. The van der Waals surface area contributed by atoms with Crippen LogP contribution in [-0.2, 0) is 19.5 Å². The van der Waals surface area contributed by atoms with E-state index in [0.29, 0.717) is 13.1 Å². The van der Waals surface area contributed by atoms with Crippen LogP contribution in [0.3, 0.4) is 0 Å². The molecule has 1 N–H and O–H groups in total. The first-order valence-corrected chi connectivity index (χ1v) is 9.61. The molecule has 1 unspecified atom stereocenters. The summed E-state index contributed by atoms with van der Waals surface area (Å²) >= 11 is 0. The Hall–Kier alpha value is -3.21. The van der Waals surface area contributed by atoms with Crippen LogP contribution in [-0.4, -0.2) is 29.2 Å². The Morgan fingerprint density at radius 2 is 1.86 bits per heavy atom. The molecule has 2 aromatic carbocycles. The molecule has 0 bridgehead atoms. The van der Waals surface area contributed by atoms with Crippen LogP contribution in [0, 0.1) is 0 Å². The second-order valence-corrected chi connectivity index (χ2v) is 7.04. The zero-order chi connectivity index (χ0) is 19.3. The highest BCUT2D eigenvalue weighted by Gasteiger charge is 2.30. The fraction of sp³-hybridized carbons (Fsp3) is 0.261. The fourth-order valence-electron chi connectivity index (χ4n) is 3.82. The zero-order valence-electron chi connectivity index (χ0n) is 16.0. The molecule has 144 valence electrons. The average molecular weight is 375 g/mol. The summed E-state index contributed by atoms with van der Waals surface area (Å²) in [6.07, 6.45) is 2.90. The van der Waals surface area contributed by atoms with Crippen LogP contribution in [0.1, 0.15) is 22.9 Å². The molecule has 1 aliphatic rings. The number of benzene rings is 2. The lowest BCUT2D eigenvalue weighted by Gasteiger charge is -2.37. The number of hydrogen-bond donors (Lipinski definition) is 1. The van der Waals surface area contributed by atoms with Crippen molar-refractivity contribution in [3.63, 3.8) is 0 Å². The highest BCUT2D eigenvalue weighted by Crippen LogP contribution is 2.29. The van der Waals surface area contributed by atoms with Crippen LogP contribution in [0.4, 0.5) is 4.79 Å². The minimum Gasteiger partial charge on any atom is -0.497 e. The number of carbonyl (C=O) groups is 1. The summed E-state index contributed by atoms with van der Waals surface area (Å²) in [5.74, 6) is 0.796. The van der Waals surface area contributed by atoms with Crippen molar-refractivity contribution in [3.8, 4) is 5.75 Å². The van der Waals surface area contributed by atoms with Crippen molar-refractivity contribution in [2.45, 2.75) is 25.6 Å². The number of hydrogen-bond acceptors (Lipinski definition) is 2. The van der Waals surface area contributed by atoms with Crippen molar-refractivity contribution in [1.29, 1.82) is 0 Å². The van der Waals surface area contributed by atoms with Crippen molar-refractivity contribution >= 4 is 6.03 Å². The number of nitrogens with zero attached hydrogens (tertiary/aromatic N) is 2. The number of ether oxygens (including phenoxy) is 1. The van der Waals surface area contributed by atoms with Gasteiger partial charge in [-0.3, -0.25) is 0 Å². The van der Waals surface area contributed by atoms with E-state index in [1.165, 1.54) is 11.3 Å². The Morgan fingerprint density at radius 3 is 2.68 bits per heavy atom. The lowest BCUT2D eigenvalue weighted by Crippen LogP contribution is -2.47. The summed E-state index contributed by atoms with van der Waals surface area (Å²) in [6.45, 7) is 1.99. The smallest absolute Gasteiger partial charge is 0.318 e. The van der Waals surface area contributed by atoms with Gasteiger partial charge in [-0.25, -0.2) is 4.79 Å². The Labute approximate surface area is 165 Å². The third-order valence-corrected chi connectivity index (χ3v) is 5.27. The van der Waals surface area contributed by atoms with E-state index in [1.54, 1.807) is 7.11 Å². The predicted octanol–water partition coefficient (Wildman–Crippen LogP) is 4.01. The van der Waals surface area contributed by atoms with Gasteiger partial charge in [0.25, 0.3) is 0 Å². The normalized spacial score (nSPS) is 15.8. The third kappa shape index (κ3) is 3.88. The van der Waals surface area contributed by atoms with Gasteiger partial charge in [0.15, 0.2) is 0 Å². The van der Waals surface area contributed by atoms with Gasteiger partial charge in [-0.1, -0.05) is 42.5 Å². The predicted molar refractivity (Wildman–Crippen MR) is 109 cm³/mol. The molecule has 28 heavy (non-hydrogen) atoms. The molecule has 0 saturated heterocycles. The number of carbonyl (C=O) groups excluding carboxylic acids is 1. The number of methoxy groups -OCH3 is 1. The van der Waals surface area contributed by atoms with Gasteiger partial charge in [-0.2, -0.15) is 0 Å². The number of nitrogens with one attached hydrogen (secondary N) is 1. The Morgan fingerprint density at radius 1 is 1.04 bits per heavy atom. The quantitative estimate of drug-likeness (QED) is 0.732. The minimum atomic E-state index is -0.0313. The standard InChI is InChI=1S/C23H25N3O2/c1-28-20-10-5-9-19(15-20)17-24-23(27)26-14-13-25-12-6-11-21(25)22(26)16-18-7-3-2-4-8-18/h2-12,15,22H,13-14,16-17H2,1H3,(H,24,27). The van der Waals surface area contributed by atoms with Crippen LogP contribution >= 0.6 is 0 Å².